The molecule has 6 heteroatoms. The van der Waals surface area contributed by atoms with E-state index < -0.39 is 11.9 Å². The number of hydrogen-bond acceptors (Lipinski definition) is 4. The maximum absolute atomic E-state index is 13.5. The number of oxime groups is 1. The molecule has 0 spiro atoms. The molecule has 2 aromatic carbocycles. The molecule has 0 saturated carbocycles. The summed E-state index contributed by atoms with van der Waals surface area (Å²) in [5.41, 5.74) is 3.59. The van der Waals surface area contributed by atoms with Crippen LogP contribution in [0.4, 0.5) is 5.69 Å². The minimum Gasteiger partial charge on any atom is -0.478 e. The van der Waals surface area contributed by atoms with E-state index in [0.29, 0.717) is 12.2 Å². The lowest BCUT2D eigenvalue weighted by Crippen LogP contribution is -2.34. The van der Waals surface area contributed by atoms with E-state index in [0.717, 1.165) is 25.7 Å². The fraction of sp³-hybridized carbons (Fsp3) is 0.531. The number of anilines is 1. The van der Waals surface area contributed by atoms with Gasteiger partial charge in [0.1, 0.15) is 6.61 Å². The van der Waals surface area contributed by atoms with Crippen molar-refractivity contribution in [2.45, 2.75) is 103 Å². The molecule has 0 aliphatic heterocycles. The number of carboxylic acids is 1. The SMILES string of the molecule is CCCCCCCCCON=C(C(=O)Nc1ccccc1C(=O)O)c1ccc2c(c1)C(C)(C)CCC2(C)C. The highest BCUT2D eigenvalue weighted by atomic mass is 16.6. The number of carbonyl (C=O) groups is 2. The second kappa shape index (κ2) is 13.1. The lowest BCUT2D eigenvalue weighted by atomic mass is 9.63. The minimum atomic E-state index is -1.10. The molecule has 1 aliphatic carbocycles. The summed E-state index contributed by atoms with van der Waals surface area (Å²) in [6.07, 6.45) is 10.3. The molecule has 206 valence electrons. The van der Waals surface area contributed by atoms with Crippen LogP contribution in [0.1, 0.15) is 119 Å². The lowest BCUT2D eigenvalue weighted by Gasteiger charge is -2.42. The molecule has 2 aromatic rings. The van der Waals surface area contributed by atoms with Gasteiger partial charge in [-0.1, -0.05) is 96.1 Å². The predicted octanol–water partition coefficient (Wildman–Crippen LogP) is 7.84. The van der Waals surface area contributed by atoms with Gasteiger partial charge in [-0.05, 0) is 65.8 Å². The van der Waals surface area contributed by atoms with Crippen LogP contribution in [0.2, 0.25) is 0 Å². The van der Waals surface area contributed by atoms with E-state index in [2.05, 4.69) is 57.2 Å². The second-order valence-electron chi connectivity index (χ2n) is 11.7. The van der Waals surface area contributed by atoms with Crippen molar-refractivity contribution in [2.75, 3.05) is 11.9 Å². The van der Waals surface area contributed by atoms with E-state index in [-0.39, 0.29) is 27.8 Å². The first kappa shape index (κ1) is 29.4. The molecule has 0 unspecified atom stereocenters. The second-order valence-corrected chi connectivity index (χ2v) is 11.7. The minimum absolute atomic E-state index is 0.0255. The van der Waals surface area contributed by atoms with Crippen molar-refractivity contribution in [2.24, 2.45) is 5.16 Å². The molecule has 0 fully saturated rings. The van der Waals surface area contributed by atoms with Gasteiger partial charge in [0, 0.05) is 5.56 Å². The Kier molecular flexibility index (Phi) is 10.1. The number of hydrogen-bond donors (Lipinski definition) is 2. The van der Waals surface area contributed by atoms with Crippen molar-refractivity contribution >= 4 is 23.3 Å². The molecule has 0 heterocycles. The summed E-state index contributed by atoms with van der Waals surface area (Å²) in [5.74, 6) is -1.60. The lowest BCUT2D eigenvalue weighted by molar-refractivity contribution is -0.110. The average molecular weight is 521 g/mol. The maximum atomic E-state index is 13.5. The van der Waals surface area contributed by atoms with E-state index >= 15 is 0 Å². The smallest absolute Gasteiger partial charge is 0.337 e. The summed E-state index contributed by atoms with van der Waals surface area (Å²) in [5, 5.41) is 16.6. The van der Waals surface area contributed by atoms with Crippen molar-refractivity contribution in [1.29, 1.82) is 0 Å². The first-order valence-corrected chi connectivity index (χ1v) is 14.1. The Bertz CT molecular complexity index is 1150. The van der Waals surface area contributed by atoms with E-state index in [9.17, 15) is 14.7 Å². The molecule has 0 radical (unpaired) electrons. The zero-order valence-corrected chi connectivity index (χ0v) is 23.7. The molecule has 0 atom stereocenters. The Morgan fingerprint density at radius 1 is 0.895 bits per heavy atom. The summed E-state index contributed by atoms with van der Waals surface area (Å²) < 4.78 is 0. The highest BCUT2D eigenvalue weighted by Gasteiger charge is 2.37. The standard InChI is InChI=1S/C32H44N2O4/c1-6-7-8-9-10-11-14-21-38-34-28(29(35)33-27-16-13-12-15-24(27)30(36)37)23-17-18-25-26(22-23)32(4,5)20-19-31(25,2)3/h12-13,15-18,22H,6-11,14,19-21H2,1-5H3,(H,33,35)(H,36,37). The van der Waals surface area contributed by atoms with Gasteiger partial charge in [0.25, 0.3) is 5.91 Å². The number of benzene rings is 2. The number of carboxylic acid groups (broad SMARTS) is 1. The molecule has 0 saturated heterocycles. The van der Waals surface area contributed by atoms with Crippen LogP contribution in [-0.2, 0) is 20.5 Å². The Hall–Kier alpha value is -3.15. The topological polar surface area (TPSA) is 88.0 Å². The highest BCUT2D eigenvalue weighted by Crippen LogP contribution is 2.46. The van der Waals surface area contributed by atoms with Crippen LogP contribution < -0.4 is 5.32 Å². The van der Waals surface area contributed by atoms with E-state index in [1.807, 2.05) is 6.07 Å². The summed E-state index contributed by atoms with van der Waals surface area (Å²) in [6, 6.07) is 12.5. The summed E-state index contributed by atoms with van der Waals surface area (Å²) >= 11 is 0. The zero-order chi connectivity index (χ0) is 27.8. The van der Waals surface area contributed by atoms with Gasteiger partial charge in [0.2, 0.25) is 0 Å². The monoisotopic (exact) mass is 520 g/mol. The third-order valence-electron chi connectivity index (χ3n) is 7.74. The summed E-state index contributed by atoms with van der Waals surface area (Å²) in [7, 11) is 0. The Morgan fingerprint density at radius 3 is 2.21 bits per heavy atom. The van der Waals surface area contributed by atoms with Gasteiger partial charge in [-0.3, -0.25) is 4.79 Å². The summed E-state index contributed by atoms with van der Waals surface area (Å²) in [6.45, 7) is 11.6. The van der Waals surface area contributed by atoms with Gasteiger partial charge in [-0.25, -0.2) is 4.79 Å². The van der Waals surface area contributed by atoms with Gasteiger partial charge in [0.05, 0.1) is 11.3 Å². The van der Waals surface area contributed by atoms with E-state index in [4.69, 9.17) is 4.84 Å². The van der Waals surface area contributed by atoms with Gasteiger partial charge >= 0.3 is 5.97 Å². The fourth-order valence-corrected chi connectivity index (χ4v) is 5.16. The van der Waals surface area contributed by atoms with Crippen molar-refractivity contribution in [3.63, 3.8) is 0 Å². The van der Waals surface area contributed by atoms with Gasteiger partial charge in [0.15, 0.2) is 5.71 Å². The van der Waals surface area contributed by atoms with Crippen molar-refractivity contribution in [3.8, 4) is 0 Å². The van der Waals surface area contributed by atoms with Gasteiger partial charge in [-0.2, -0.15) is 0 Å². The van der Waals surface area contributed by atoms with Crippen molar-refractivity contribution in [3.05, 3.63) is 64.7 Å². The molecule has 2 N–H and O–H groups in total. The third-order valence-corrected chi connectivity index (χ3v) is 7.74. The molecule has 3 rings (SSSR count). The molecule has 0 aromatic heterocycles. The summed E-state index contributed by atoms with van der Waals surface area (Å²) in [4.78, 5) is 30.8. The number of carbonyl (C=O) groups excluding carboxylic acids is 1. The molecule has 0 bridgehead atoms. The van der Waals surface area contributed by atoms with Crippen LogP contribution in [0.5, 0.6) is 0 Å². The van der Waals surface area contributed by atoms with Crippen LogP contribution in [0.15, 0.2) is 47.6 Å². The fourth-order valence-electron chi connectivity index (χ4n) is 5.16. The molecule has 1 amide bonds. The number of para-hydroxylation sites is 1. The predicted molar refractivity (Wildman–Crippen MR) is 154 cm³/mol. The number of rotatable bonds is 13. The zero-order valence-electron chi connectivity index (χ0n) is 23.7. The first-order valence-electron chi connectivity index (χ1n) is 14.1. The molecule has 38 heavy (non-hydrogen) atoms. The number of aromatic carboxylic acids is 1. The average Bonchev–Trinajstić information content (AvgIpc) is 2.88. The Balaban J connectivity index is 1.85. The van der Waals surface area contributed by atoms with Crippen molar-refractivity contribution in [1.82, 2.24) is 0 Å². The van der Waals surface area contributed by atoms with Crippen LogP contribution in [0.3, 0.4) is 0 Å². The number of unbranched alkanes of at least 4 members (excludes halogenated alkanes) is 6. The Morgan fingerprint density at radius 2 is 1.53 bits per heavy atom. The first-order chi connectivity index (χ1) is 18.1. The molecule has 6 nitrogen and oxygen atoms in total. The Labute approximate surface area is 227 Å². The number of fused-ring (bicyclic) bond motifs is 1. The molecule has 1 aliphatic rings. The number of amides is 1. The largest absolute Gasteiger partial charge is 0.478 e. The van der Waals surface area contributed by atoms with Gasteiger partial charge < -0.3 is 15.3 Å². The normalized spacial score (nSPS) is 16.0. The van der Waals surface area contributed by atoms with E-state index in [1.54, 1.807) is 18.2 Å². The van der Waals surface area contributed by atoms with Crippen LogP contribution >= 0.6 is 0 Å². The van der Waals surface area contributed by atoms with Crippen LogP contribution in [0.25, 0.3) is 0 Å². The van der Waals surface area contributed by atoms with Crippen molar-refractivity contribution < 1.29 is 19.5 Å². The van der Waals surface area contributed by atoms with Gasteiger partial charge in [-0.15, -0.1) is 0 Å². The van der Waals surface area contributed by atoms with E-state index in [1.165, 1.54) is 49.3 Å². The molecular formula is C32H44N2O4. The van der Waals surface area contributed by atoms with Crippen LogP contribution in [-0.4, -0.2) is 29.3 Å². The third kappa shape index (κ3) is 7.46. The van der Waals surface area contributed by atoms with Crippen LogP contribution in [0, 0.1) is 0 Å². The number of nitrogens with zero attached hydrogens (tertiary/aromatic N) is 1. The molecular weight excluding hydrogens is 476 g/mol. The maximum Gasteiger partial charge on any atom is 0.337 e. The highest BCUT2D eigenvalue weighted by molar-refractivity contribution is 6.49. The quantitative estimate of drug-likeness (QED) is 0.160. The number of nitrogens with one attached hydrogen (secondary N) is 1.